The summed E-state index contributed by atoms with van der Waals surface area (Å²) in [6.07, 6.45) is -4.88. The summed E-state index contributed by atoms with van der Waals surface area (Å²) >= 11 is 0. The van der Waals surface area contributed by atoms with Gasteiger partial charge in [-0.1, -0.05) is 24.3 Å². The highest BCUT2D eigenvalue weighted by molar-refractivity contribution is 6.02. The standard InChI is InChI=1S/C30H30F4N4O3/c1-19-6-4-7-21(16-19)36-12-14-37(15-13-36)29-35-28-22(8-5-9-23(28)31)24(18-27(39)41-3)38(29)25-17-20(30(32,33)34)10-11-26(25)40-2/h4-11,16-17,24H,12-15,18H2,1-3H3. The van der Waals surface area contributed by atoms with Gasteiger partial charge < -0.3 is 24.2 Å². The van der Waals surface area contributed by atoms with E-state index in [1.807, 2.05) is 30.0 Å². The van der Waals surface area contributed by atoms with Crippen LogP contribution in [0.15, 0.2) is 65.7 Å². The second-order valence-electron chi connectivity index (χ2n) is 9.95. The number of nitrogens with zero attached hydrogens (tertiary/aromatic N) is 4. The number of rotatable bonds is 5. The number of carbonyl (C=O) groups excluding carboxylic acids is 1. The summed E-state index contributed by atoms with van der Waals surface area (Å²) in [4.78, 5) is 23.0. The fourth-order valence-electron chi connectivity index (χ4n) is 5.34. The van der Waals surface area contributed by atoms with Gasteiger partial charge in [0.05, 0.1) is 37.9 Å². The number of anilines is 2. The zero-order chi connectivity index (χ0) is 29.3. The number of methoxy groups -OCH3 is 2. The molecule has 1 fully saturated rings. The van der Waals surface area contributed by atoms with Gasteiger partial charge in [0.15, 0.2) is 0 Å². The molecule has 0 bridgehead atoms. The van der Waals surface area contributed by atoms with Gasteiger partial charge in [-0.2, -0.15) is 13.2 Å². The highest BCUT2D eigenvalue weighted by atomic mass is 19.4. The van der Waals surface area contributed by atoms with E-state index in [9.17, 15) is 18.0 Å². The molecule has 0 spiro atoms. The van der Waals surface area contributed by atoms with E-state index in [1.54, 1.807) is 11.0 Å². The van der Waals surface area contributed by atoms with Gasteiger partial charge in [-0.25, -0.2) is 9.38 Å². The van der Waals surface area contributed by atoms with Crippen molar-refractivity contribution < 1.29 is 31.8 Å². The second-order valence-corrected chi connectivity index (χ2v) is 9.95. The Kier molecular flexibility index (Phi) is 7.79. The van der Waals surface area contributed by atoms with Gasteiger partial charge in [0.25, 0.3) is 0 Å². The molecular weight excluding hydrogens is 540 g/mol. The van der Waals surface area contributed by atoms with Crippen molar-refractivity contribution in [1.82, 2.24) is 4.90 Å². The van der Waals surface area contributed by atoms with E-state index < -0.39 is 29.6 Å². The highest BCUT2D eigenvalue weighted by Crippen LogP contribution is 2.46. The van der Waals surface area contributed by atoms with E-state index >= 15 is 4.39 Å². The number of hydrogen-bond donors (Lipinski definition) is 0. The zero-order valence-corrected chi connectivity index (χ0v) is 22.9. The summed E-state index contributed by atoms with van der Waals surface area (Å²) in [6, 6.07) is 14.7. The van der Waals surface area contributed by atoms with Gasteiger partial charge in [-0.3, -0.25) is 4.79 Å². The number of carbonyl (C=O) groups is 1. The lowest BCUT2D eigenvalue weighted by Crippen LogP contribution is -2.55. The van der Waals surface area contributed by atoms with Gasteiger partial charge in [-0.15, -0.1) is 0 Å². The minimum absolute atomic E-state index is 0.0414. The van der Waals surface area contributed by atoms with Gasteiger partial charge in [0.1, 0.15) is 17.3 Å². The number of halogens is 4. The number of alkyl halides is 3. The summed E-state index contributed by atoms with van der Waals surface area (Å²) in [5.74, 6) is -0.813. The Bertz CT molecular complexity index is 1470. The van der Waals surface area contributed by atoms with E-state index in [0.717, 1.165) is 23.4 Å². The van der Waals surface area contributed by atoms with E-state index in [-0.39, 0.29) is 29.5 Å². The minimum Gasteiger partial charge on any atom is -0.495 e. The van der Waals surface area contributed by atoms with Crippen LogP contribution in [0.1, 0.15) is 29.2 Å². The SMILES string of the molecule is COC(=O)CC1c2cccc(F)c2N=C(N2CCN(c3cccc(C)c3)CC2)N1c1cc(C(F)(F)F)ccc1OC. The van der Waals surface area contributed by atoms with Crippen LogP contribution in [0, 0.1) is 12.7 Å². The topological polar surface area (TPSA) is 57.6 Å². The van der Waals surface area contributed by atoms with Crippen LogP contribution in [0.2, 0.25) is 0 Å². The molecule has 2 aliphatic rings. The molecular formula is C30H30F4N4O3. The molecule has 0 aromatic heterocycles. The predicted molar refractivity (Wildman–Crippen MR) is 148 cm³/mol. The van der Waals surface area contributed by atoms with Crippen molar-refractivity contribution in [2.24, 2.45) is 4.99 Å². The second kappa shape index (κ2) is 11.3. The maximum Gasteiger partial charge on any atom is 0.416 e. The fraction of sp³-hybridized carbons (Fsp3) is 0.333. The van der Waals surface area contributed by atoms with Crippen molar-refractivity contribution in [2.45, 2.75) is 25.6 Å². The Labute approximate surface area is 235 Å². The molecule has 0 amide bonds. The first-order valence-corrected chi connectivity index (χ1v) is 13.2. The number of benzene rings is 3. The van der Waals surface area contributed by atoms with Gasteiger partial charge in [0, 0.05) is 37.4 Å². The monoisotopic (exact) mass is 570 g/mol. The number of aryl methyl sites for hydroxylation is 1. The summed E-state index contributed by atoms with van der Waals surface area (Å²) in [5.41, 5.74) is 1.76. The molecule has 0 saturated carbocycles. The van der Waals surface area contributed by atoms with Crippen LogP contribution in [0.5, 0.6) is 5.75 Å². The van der Waals surface area contributed by atoms with Crippen LogP contribution in [0.4, 0.5) is 34.6 Å². The molecule has 2 heterocycles. The third-order valence-electron chi connectivity index (χ3n) is 7.40. The van der Waals surface area contributed by atoms with Crippen molar-refractivity contribution in [3.63, 3.8) is 0 Å². The van der Waals surface area contributed by atoms with Crippen molar-refractivity contribution in [3.05, 3.63) is 83.2 Å². The molecule has 0 radical (unpaired) electrons. The minimum atomic E-state index is -4.63. The first-order chi connectivity index (χ1) is 19.6. The molecule has 7 nitrogen and oxygen atoms in total. The Balaban J connectivity index is 1.63. The summed E-state index contributed by atoms with van der Waals surface area (Å²) in [7, 11) is 2.59. The molecule has 216 valence electrons. The Morgan fingerprint density at radius 2 is 1.68 bits per heavy atom. The molecule has 1 unspecified atom stereocenters. The summed E-state index contributed by atoms with van der Waals surface area (Å²) in [5, 5.41) is 0. The Morgan fingerprint density at radius 3 is 2.34 bits per heavy atom. The van der Waals surface area contributed by atoms with Crippen LogP contribution >= 0.6 is 0 Å². The van der Waals surface area contributed by atoms with Crippen LogP contribution in [0.3, 0.4) is 0 Å². The van der Waals surface area contributed by atoms with Crippen LogP contribution in [0.25, 0.3) is 0 Å². The third-order valence-corrected chi connectivity index (χ3v) is 7.40. The number of guanidine groups is 1. The maximum atomic E-state index is 15.2. The molecule has 1 saturated heterocycles. The number of hydrogen-bond acceptors (Lipinski definition) is 7. The molecule has 11 heteroatoms. The lowest BCUT2D eigenvalue weighted by atomic mass is 9.96. The van der Waals surface area contributed by atoms with Gasteiger partial charge >= 0.3 is 12.1 Å². The van der Waals surface area contributed by atoms with Gasteiger partial charge in [0.2, 0.25) is 5.96 Å². The van der Waals surface area contributed by atoms with Crippen molar-refractivity contribution >= 4 is 29.0 Å². The Hall–Kier alpha value is -4.28. The average Bonchev–Trinajstić information content (AvgIpc) is 2.96. The lowest BCUT2D eigenvalue weighted by molar-refractivity contribution is -0.141. The molecule has 5 rings (SSSR count). The molecule has 0 N–H and O–H groups in total. The van der Waals surface area contributed by atoms with Gasteiger partial charge in [-0.05, 0) is 48.9 Å². The first kappa shape index (κ1) is 28.3. The number of piperazine rings is 1. The normalized spacial score (nSPS) is 17.2. The summed E-state index contributed by atoms with van der Waals surface area (Å²) in [6.45, 7) is 4.13. The smallest absolute Gasteiger partial charge is 0.416 e. The predicted octanol–water partition coefficient (Wildman–Crippen LogP) is 6.10. The van der Waals surface area contributed by atoms with Crippen molar-refractivity contribution in [2.75, 3.05) is 50.2 Å². The molecule has 1 atom stereocenters. The van der Waals surface area contributed by atoms with E-state index in [2.05, 4.69) is 16.0 Å². The molecule has 2 aliphatic heterocycles. The fourth-order valence-corrected chi connectivity index (χ4v) is 5.34. The van der Waals surface area contributed by atoms with Crippen molar-refractivity contribution in [3.8, 4) is 5.75 Å². The molecule has 3 aromatic rings. The number of fused-ring (bicyclic) bond motifs is 1. The average molecular weight is 571 g/mol. The molecule has 41 heavy (non-hydrogen) atoms. The maximum absolute atomic E-state index is 15.2. The van der Waals surface area contributed by atoms with Crippen molar-refractivity contribution in [1.29, 1.82) is 0 Å². The van der Waals surface area contributed by atoms with Crippen LogP contribution < -0.4 is 14.5 Å². The quantitative estimate of drug-likeness (QED) is 0.273. The summed E-state index contributed by atoms with van der Waals surface area (Å²) < 4.78 is 67.3. The lowest BCUT2D eigenvalue weighted by Gasteiger charge is -2.45. The van der Waals surface area contributed by atoms with Crippen LogP contribution in [-0.4, -0.2) is 57.2 Å². The number of para-hydroxylation sites is 1. The first-order valence-electron chi connectivity index (χ1n) is 13.2. The van der Waals surface area contributed by atoms with E-state index in [1.165, 1.54) is 32.4 Å². The Morgan fingerprint density at radius 1 is 0.976 bits per heavy atom. The highest BCUT2D eigenvalue weighted by Gasteiger charge is 2.40. The van der Waals surface area contributed by atoms with E-state index in [0.29, 0.717) is 31.7 Å². The largest absolute Gasteiger partial charge is 0.495 e. The third kappa shape index (κ3) is 5.66. The number of esters is 1. The van der Waals surface area contributed by atoms with E-state index in [4.69, 9.17) is 9.47 Å². The number of aliphatic imine (C=N–C) groups is 1. The molecule has 0 aliphatic carbocycles. The zero-order valence-electron chi connectivity index (χ0n) is 22.9. The number of ether oxygens (including phenoxy) is 2. The molecule has 3 aromatic carbocycles. The van der Waals surface area contributed by atoms with Crippen LogP contribution in [-0.2, 0) is 15.7 Å².